The minimum atomic E-state index is -1.71. The molecule has 0 radical (unpaired) electrons. The van der Waals surface area contributed by atoms with E-state index in [0.29, 0.717) is 13.0 Å². The van der Waals surface area contributed by atoms with E-state index in [1.54, 1.807) is 0 Å². The normalized spacial score (nSPS) is 16.3. The summed E-state index contributed by atoms with van der Waals surface area (Å²) in [6.45, 7) is 13.8. The predicted octanol–water partition coefficient (Wildman–Crippen LogP) is 4.76. The van der Waals surface area contributed by atoms with Crippen molar-refractivity contribution < 1.29 is 9.22 Å². The first-order valence-corrected chi connectivity index (χ1v) is 12.1. The standard InChI is InChI=1S/C20H33NO2Si/c1-20(2,3)24(4,5)23-16-18-11-9-17(10-12-18)15-19(22)21-13-7-6-8-14-21/h9-12H,6-8,13-16H2,1-5H3. The van der Waals surface area contributed by atoms with E-state index in [1.807, 2.05) is 4.90 Å². The van der Waals surface area contributed by atoms with Crippen molar-refractivity contribution in [3.05, 3.63) is 35.4 Å². The summed E-state index contributed by atoms with van der Waals surface area (Å²) < 4.78 is 6.26. The molecule has 0 aromatic heterocycles. The highest BCUT2D eigenvalue weighted by Crippen LogP contribution is 2.37. The lowest BCUT2D eigenvalue weighted by atomic mass is 10.1. The fraction of sp³-hybridized carbons (Fsp3) is 0.650. The molecule has 1 aliphatic heterocycles. The monoisotopic (exact) mass is 347 g/mol. The minimum Gasteiger partial charge on any atom is -0.413 e. The quantitative estimate of drug-likeness (QED) is 0.719. The third-order valence-corrected chi connectivity index (χ3v) is 9.97. The molecule has 24 heavy (non-hydrogen) atoms. The van der Waals surface area contributed by atoms with Crippen LogP contribution in [-0.2, 0) is 22.2 Å². The number of rotatable bonds is 5. The van der Waals surface area contributed by atoms with Gasteiger partial charge in [0.1, 0.15) is 0 Å². The number of amides is 1. The van der Waals surface area contributed by atoms with Crippen molar-refractivity contribution in [1.82, 2.24) is 4.90 Å². The molecule has 0 atom stereocenters. The first-order chi connectivity index (χ1) is 11.2. The number of likely N-dealkylation sites (tertiary alicyclic amines) is 1. The van der Waals surface area contributed by atoms with Crippen LogP contribution in [0.5, 0.6) is 0 Å². The zero-order chi connectivity index (χ0) is 17.8. The first-order valence-electron chi connectivity index (χ1n) is 9.19. The number of benzene rings is 1. The molecular weight excluding hydrogens is 314 g/mol. The minimum absolute atomic E-state index is 0.230. The highest BCUT2D eigenvalue weighted by Gasteiger charge is 2.36. The summed E-state index contributed by atoms with van der Waals surface area (Å²) in [5.74, 6) is 0.264. The number of carbonyl (C=O) groups excluding carboxylic acids is 1. The smallest absolute Gasteiger partial charge is 0.226 e. The van der Waals surface area contributed by atoms with Crippen LogP contribution in [-0.4, -0.2) is 32.2 Å². The van der Waals surface area contributed by atoms with E-state index < -0.39 is 8.32 Å². The fourth-order valence-electron chi connectivity index (χ4n) is 2.66. The fourth-order valence-corrected chi connectivity index (χ4v) is 3.62. The molecule has 1 aromatic carbocycles. The lowest BCUT2D eigenvalue weighted by Gasteiger charge is -2.36. The molecule has 1 amide bonds. The Morgan fingerprint density at radius 2 is 1.58 bits per heavy atom. The predicted molar refractivity (Wildman–Crippen MR) is 103 cm³/mol. The van der Waals surface area contributed by atoms with Crippen LogP contribution in [0.3, 0.4) is 0 Å². The molecule has 0 N–H and O–H groups in total. The van der Waals surface area contributed by atoms with Crippen LogP contribution in [0.25, 0.3) is 0 Å². The van der Waals surface area contributed by atoms with E-state index in [0.717, 1.165) is 31.5 Å². The number of carbonyl (C=O) groups is 1. The van der Waals surface area contributed by atoms with Gasteiger partial charge in [-0.25, -0.2) is 0 Å². The van der Waals surface area contributed by atoms with E-state index in [-0.39, 0.29) is 10.9 Å². The van der Waals surface area contributed by atoms with Crippen molar-refractivity contribution in [1.29, 1.82) is 0 Å². The van der Waals surface area contributed by atoms with Gasteiger partial charge in [-0.15, -0.1) is 0 Å². The Kier molecular flexibility index (Phi) is 6.26. The number of nitrogens with zero attached hydrogens (tertiary/aromatic N) is 1. The Morgan fingerprint density at radius 1 is 1.04 bits per heavy atom. The maximum Gasteiger partial charge on any atom is 0.226 e. The van der Waals surface area contributed by atoms with Crippen molar-refractivity contribution in [2.45, 2.75) is 71.2 Å². The first kappa shape index (κ1) is 19.2. The van der Waals surface area contributed by atoms with E-state index in [4.69, 9.17) is 4.43 Å². The van der Waals surface area contributed by atoms with Crippen molar-refractivity contribution in [3.63, 3.8) is 0 Å². The SMILES string of the molecule is CC(C)(C)[Si](C)(C)OCc1ccc(CC(=O)N2CCCCC2)cc1. The van der Waals surface area contributed by atoms with Gasteiger partial charge < -0.3 is 9.33 Å². The van der Waals surface area contributed by atoms with Gasteiger partial charge in [0.15, 0.2) is 8.32 Å². The highest BCUT2D eigenvalue weighted by molar-refractivity contribution is 6.74. The molecule has 1 saturated heterocycles. The van der Waals surface area contributed by atoms with E-state index in [9.17, 15) is 4.79 Å². The number of hydrogen-bond acceptors (Lipinski definition) is 2. The summed E-state index contributed by atoms with van der Waals surface area (Å²) in [6.07, 6.45) is 4.07. The largest absolute Gasteiger partial charge is 0.413 e. The van der Waals surface area contributed by atoms with Crippen molar-refractivity contribution in [2.75, 3.05) is 13.1 Å². The molecule has 134 valence electrons. The van der Waals surface area contributed by atoms with Crippen LogP contribution in [0.15, 0.2) is 24.3 Å². The van der Waals surface area contributed by atoms with Gasteiger partial charge in [-0.1, -0.05) is 45.0 Å². The van der Waals surface area contributed by atoms with E-state index >= 15 is 0 Å². The Bertz CT molecular complexity index is 540. The van der Waals surface area contributed by atoms with Crippen LogP contribution in [0.1, 0.15) is 51.2 Å². The number of piperidine rings is 1. The lowest BCUT2D eigenvalue weighted by molar-refractivity contribution is -0.131. The second-order valence-electron chi connectivity index (χ2n) is 8.48. The van der Waals surface area contributed by atoms with Gasteiger partial charge in [-0.05, 0) is 48.5 Å². The molecule has 1 aromatic rings. The van der Waals surface area contributed by atoms with Gasteiger partial charge in [0.05, 0.1) is 13.0 Å². The van der Waals surface area contributed by atoms with Crippen molar-refractivity contribution >= 4 is 14.2 Å². The topological polar surface area (TPSA) is 29.5 Å². The molecule has 1 aliphatic rings. The molecule has 0 spiro atoms. The second kappa shape index (κ2) is 7.83. The summed E-state index contributed by atoms with van der Waals surface area (Å²) in [4.78, 5) is 14.3. The Labute approximate surface area is 148 Å². The summed E-state index contributed by atoms with van der Waals surface area (Å²) >= 11 is 0. The lowest BCUT2D eigenvalue weighted by Crippen LogP contribution is -2.40. The molecule has 1 fully saturated rings. The third-order valence-electron chi connectivity index (χ3n) is 5.49. The third kappa shape index (κ3) is 5.18. The zero-order valence-corrected chi connectivity index (χ0v) is 17.0. The Morgan fingerprint density at radius 3 is 2.12 bits per heavy atom. The van der Waals surface area contributed by atoms with Crippen LogP contribution in [0.2, 0.25) is 18.1 Å². The molecule has 1 heterocycles. The van der Waals surface area contributed by atoms with Gasteiger partial charge in [0.2, 0.25) is 5.91 Å². The summed E-state index contributed by atoms with van der Waals surface area (Å²) in [5.41, 5.74) is 2.29. The summed E-state index contributed by atoms with van der Waals surface area (Å²) in [6, 6.07) is 8.36. The molecule has 0 bridgehead atoms. The maximum absolute atomic E-state index is 12.3. The molecule has 3 nitrogen and oxygen atoms in total. The number of hydrogen-bond donors (Lipinski definition) is 0. The molecule has 0 saturated carbocycles. The zero-order valence-electron chi connectivity index (χ0n) is 16.0. The van der Waals surface area contributed by atoms with Gasteiger partial charge in [-0.2, -0.15) is 0 Å². The van der Waals surface area contributed by atoms with E-state index in [2.05, 4.69) is 58.1 Å². The van der Waals surface area contributed by atoms with Gasteiger partial charge >= 0.3 is 0 Å². The summed E-state index contributed by atoms with van der Waals surface area (Å²) in [7, 11) is -1.71. The van der Waals surface area contributed by atoms with Gasteiger partial charge in [-0.3, -0.25) is 4.79 Å². The summed E-state index contributed by atoms with van der Waals surface area (Å²) in [5, 5.41) is 0.230. The van der Waals surface area contributed by atoms with Crippen molar-refractivity contribution in [3.8, 4) is 0 Å². The van der Waals surface area contributed by atoms with Crippen LogP contribution in [0, 0.1) is 0 Å². The van der Waals surface area contributed by atoms with Crippen LogP contribution >= 0.6 is 0 Å². The molecule has 4 heteroatoms. The Balaban J connectivity index is 1.87. The van der Waals surface area contributed by atoms with Gasteiger partial charge in [0, 0.05) is 13.1 Å². The second-order valence-corrected chi connectivity index (χ2v) is 13.3. The molecule has 0 aliphatic carbocycles. The average Bonchev–Trinajstić information content (AvgIpc) is 2.54. The van der Waals surface area contributed by atoms with Crippen LogP contribution < -0.4 is 0 Å². The molecule has 0 unspecified atom stereocenters. The average molecular weight is 348 g/mol. The van der Waals surface area contributed by atoms with Crippen LogP contribution in [0.4, 0.5) is 0 Å². The molecular formula is C20H33NO2Si. The van der Waals surface area contributed by atoms with Gasteiger partial charge in [0.25, 0.3) is 0 Å². The Hall–Kier alpha value is -1.13. The molecule has 2 rings (SSSR count). The highest BCUT2D eigenvalue weighted by atomic mass is 28.4. The van der Waals surface area contributed by atoms with E-state index in [1.165, 1.54) is 12.0 Å². The maximum atomic E-state index is 12.3. The van der Waals surface area contributed by atoms with Crippen molar-refractivity contribution in [2.24, 2.45) is 0 Å².